The van der Waals surface area contributed by atoms with Crippen LogP contribution in [0.1, 0.15) is 52.9 Å². The summed E-state index contributed by atoms with van der Waals surface area (Å²) in [7, 11) is 0.633. The Morgan fingerprint density at radius 1 is 1.00 bits per heavy atom. The quantitative estimate of drug-likeness (QED) is 0.182. The molecule has 0 aromatic carbocycles. The van der Waals surface area contributed by atoms with Crippen LogP contribution < -0.4 is 0 Å². The Bertz CT molecular complexity index is 269. The van der Waals surface area contributed by atoms with E-state index in [1.54, 1.807) is 6.08 Å². The number of hydrogen-bond donors (Lipinski definition) is 0. The zero-order valence-corrected chi connectivity index (χ0v) is 15.4. The second-order valence-electron chi connectivity index (χ2n) is 4.80. The fraction of sp³-hybridized carbons (Fsp3) is 0.800. The summed E-state index contributed by atoms with van der Waals surface area (Å²) in [6.45, 7) is 7.99. The summed E-state index contributed by atoms with van der Waals surface area (Å²) in [6.07, 6.45) is 6.35. The first-order valence-electron chi connectivity index (χ1n) is 7.74. The molecule has 4 nitrogen and oxygen atoms in total. The number of hydrogen-bond acceptors (Lipinski definition) is 4. The average molecular weight is 302 g/mol. The molecule has 0 radical (unpaired) electrons. The number of unbranched alkanes of at least 4 members (excludes halogenated alkanes) is 2. The van der Waals surface area contributed by atoms with Gasteiger partial charge in [-0.25, -0.2) is 4.79 Å². The summed E-state index contributed by atoms with van der Waals surface area (Å²) in [5.74, 6) is -0.235. The fourth-order valence-corrected chi connectivity index (χ4v) is 1.83. The lowest BCUT2D eigenvalue weighted by atomic mass is 10.3. The summed E-state index contributed by atoms with van der Waals surface area (Å²) in [5.41, 5.74) is 0. The van der Waals surface area contributed by atoms with Crippen molar-refractivity contribution in [3.63, 3.8) is 0 Å². The standard InChI is InChI=1S/C15H30O4Si/c1-4-7-10-17-14(18-11-8-5-2)12-13(20)15(16)19-9-6-3/h12,14H,4-11H2,1-3,20H3. The minimum absolute atomic E-state index is 0.235. The van der Waals surface area contributed by atoms with Crippen molar-refractivity contribution in [2.75, 3.05) is 19.8 Å². The summed E-state index contributed by atoms with van der Waals surface area (Å²) in [5, 5.41) is 0.677. The van der Waals surface area contributed by atoms with Gasteiger partial charge in [0.25, 0.3) is 0 Å². The Labute approximate surface area is 126 Å². The van der Waals surface area contributed by atoms with Crippen LogP contribution in [-0.4, -0.2) is 42.3 Å². The molecule has 0 spiro atoms. The first-order chi connectivity index (χ1) is 9.65. The van der Waals surface area contributed by atoms with Gasteiger partial charge < -0.3 is 14.2 Å². The van der Waals surface area contributed by atoms with Crippen LogP contribution in [0.4, 0.5) is 0 Å². The molecule has 0 amide bonds. The van der Waals surface area contributed by atoms with Gasteiger partial charge in [0.05, 0.1) is 19.8 Å². The molecule has 0 saturated heterocycles. The van der Waals surface area contributed by atoms with Gasteiger partial charge in [0, 0.05) is 15.4 Å². The van der Waals surface area contributed by atoms with Crippen LogP contribution in [0.5, 0.6) is 0 Å². The van der Waals surface area contributed by atoms with Crippen LogP contribution >= 0.6 is 0 Å². The highest BCUT2D eigenvalue weighted by Crippen LogP contribution is 2.05. The number of esters is 1. The lowest BCUT2D eigenvalue weighted by Crippen LogP contribution is -2.19. The maximum Gasteiger partial charge on any atom is 0.328 e. The molecule has 0 aliphatic carbocycles. The van der Waals surface area contributed by atoms with Gasteiger partial charge in [-0.15, -0.1) is 0 Å². The van der Waals surface area contributed by atoms with E-state index in [4.69, 9.17) is 14.2 Å². The first-order valence-corrected chi connectivity index (χ1v) is 8.74. The van der Waals surface area contributed by atoms with Gasteiger partial charge in [0.1, 0.15) is 0 Å². The Morgan fingerprint density at radius 2 is 1.55 bits per heavy atom. The molecule has 0 saturated carbocycles. The van der Waals surface area contributed by atoms with E-state index in [2.05, 4.69) is 13.8 Å². The smallest absolute Gasteiger partial charge is 0.328 e. The Kier molecular flexibility index (Phi) is 12.9. The molecule has 0 bridgehead atoms. The molecule has 5 heteroatoms. The summed E-state index contributed by atoms with van der Waals surface area (Å²) < 4.78 is 16.5. The van der Waals surface area contributed by atoms with Crippen LogP contribution in [0.2, 0.25) is 0 Å². The molecule has 0 aromatic heterocycles. The molecule has 0 aromatic rings. The van der Waals surface area contributed by atoms with Gasteiger partial charge in [-0.05, 0) is 25.3 Å². The maximum absolute atomic E-state index is 11.7. The molecule has 20 heavy (non-hydrogen) atoms. The van der Waals surface area contributed by atoms with Crippen LogP contribution in [0, 0.1) is 0 Å². The molecule has 0 aliphatic heterocycles. The third-order valence-electron chi connectivity index (χ3n) is 2.71. The first kappa shape index (κ1) is 19.3. The summed E-state index contributed by atoms with van der Waals surface area (Å²) in [6, 6.07) is 0. The molecular formula is C15H30O4Si. The maximum atomic E-state index is 11.7. The van der Waals surface area contributed by atoms with Gasteiger partial charge in [-0.2, -0.15) is 0 Å². The zero-order valence-electron chi connectivity index (χ0n) is 13.4. The monoisotopic (exact) mass is 302 g/mol. The minimum atomic E-state index is -0.422. The van der Waals surface area contributed by atoms with Crippen molar-refractivity contribution in [2.24, 2.45) is 0 Å². The Morgan fingerprint density at radius 3 is 2.00 bits per heavy atom. The highest BCUT2D eigenvalue weighted by Gasteiger charge is 2.11. The van der Waals surface area contributed by atoms with Crippen molar-refractivity contribution in [2.45, 2.75) is 59.2 Å². The van der Waals surface area contributed by atoms with E-state index in [0.717, 1.165) is 32.1 Å². The Hall–Kier alpha value is -0.653. The summed E-state index contributed by atoms with van der Waals surface area (Å²) in [4.78, 5) is 11.7. The van der Waals surface area contributed by atoms with Gasteiger partial charge in [0.15, 0.2) is 6.29 Å². The van der Waals surface area contributed by atoms with Gasteiger partial charge in [0.2, 0.25) is 0 Å². The predicted molar refractivity (Wildman–Crippen MR) is 84.8 cm³/mol. The molecule has 0 unspecified atom stereocenters. The number of rotatable bonds is 12. The largest absolute Gasteiger partial charge is 0.463 e. The van der Waals surface area contributed by atoms with Crippen LogP contribution in [-0.2, 0) is 19.0 Å². The fourth-order valence-electron chi connectivity index (χ4n) is 1.41. The Balaban J connectivity index is 4.36. The average Bonchev–Trinajstić information content (AvgIpc) is 2.44. The van der Waals surface area contributed by atoms with Crippen molar-refractivity contribution in [1.82, 2.24) is 0 Å². The predicted octanol–water partition coefficient (Wildman–Crippen LogP) is 2.15. The number of carbonyl (C=O) groups excluding carboxylic acids is 1. The van der Waals surface area contributed by atoms with Crippen LogP contribution in [0.3, 0.4) is 0 Å². The van der Waals surface area contributed by atoms with Gasteiger partial charge in [-0.1, -0.05) is 33.6 Å². The highest BCUT2D eigenvalue weighted by molar-refractivity contribution is 6.35. The van der Waals surface area contributed by atoms with Crippen molar-refractivity contribution in [3.8, 4) is 0 Å². The molecular weight excluding hydrogens is 272 g/mol. The SMILES string of the molecule is CCCCOC(C=C([SiH3])C(=O)OCCC)OCCCC. The van der Waals surface area contributed by atoms with E-state index in [1.807, 2.05) is 6.92 Å². The van der Waals surface area contributed by atoms with E-state index < -0.39 is 6.29 Å². The molecule has 0 aliphatic rings. The lowest BCUT2D eigenvalue weighted by molar-refractivity contribution is -0.139. The van der Waals surface area contributed by atoms with Gasteiger partial charge in [-0.3, -0.25) is 0 Å². The third-order valence-corrected chi connectivity index (χ3v) is 3.45. The normalized spacial score (nSPS) is 12.1. The van der Waals surface area contributed by atoms with Crippen LogP contribution in [0.15, 0.2) is 11.3 Å². The minimum Gasteiger partial charge on any atom is -0.463 e. The second-order valence-corrected chi connectivity index (χ2v) is 5.88. The third kappa shape index (κ3) is 10.2. The molecule has 0 rings (SSSR count). The van der Waals surface area contributed by atoms with E-state index in [9.17, 15) is 4.79 Å². The number of carbonyl (C=O) groups is 1. The molecule has 0 fully saturated rings. The van der Waals surface area contributed by atoms with E-state index in [0.29, 0.717) is 35.3 Å². The van der Waals surface area contributed by atoms with Crippen molar-refractivity contribution in [1.29, 1.82) is 0 Å². The van der Waals surface area contributed by atoms with Gasteiger partial charge >= 0.3 is 5.97 Å². The highest BCUT2D eigenvalue weighted by atomic mass is 28.1. The van der Waals surface area contributed by atoms with E-state index >= 15 is 0 Å². The van der Waals surface area contributed by atoms with Crippen molar-refractivity contribution < 1.29 is 19.0 Å². The van der Waals surface area contributed by atoms with Crippen LogP contribution in [0.25, 0.3) is 0 Å². The number of ether oxygens (including phenoxy) is 3. The topological polar surface area (TPSA) is 44.8 Å². The molecule has 0 heterocycles. The second kappa shape index (κ2) is 13.3. The molecule has 118 valence electrons. The lowest BCUT2D eigenvalue weighted by Gasteiger charge is -2.16. The molecule has 0 N–H and O–H groups in total. The van der Waals surface area contributed by atoms with E-state index in [1.165, 1.54) is 0 Å². The zero-order chi connectivity index (χ0) is 15.2. The van der Waals surface area contributed by atoms with Crippen molar-refractivity contribution >= 4 is 16.2 Å². The van der Waals surface area contributed by atoms with E-state index in [-0.39, 0.29) is 5.97 Å². The molecule has 0 atom stereocenters. The van der Waals surface area contributed by atoms with Crippen molar-refractivity contribution in [3.05, 3.63) is 11.3 Å². The summed E-state index contributed by atoms with van der Waals surface area (Å²) >= 11 is 0.